The Hall–Kier alpha value is -2.74. The molecule has 3 aliphatic rings. The van der Waals surface area contributed by atoms with Gasteiger partial charge in [-0.15, -0.1) is 0 Å². The average Bonchev–Trinajstić information content (AvgIpc) is 3.24. The van der Waals surface area contributed by atoms with Gasteiger partial charge in [-0.05, 0) is 6.42 Å². The van der Waals surface area contributed by atoms with Gasteiger partial charge in [0.1, 0.15) is 23.7 Å². The molecule has 1 saturated carbocycles. The maximum Gasteiger partial charge on any atom is 0.303 e. The molecule has 0 bridgehead atoms. The van der Waals surface area contributed by atoms with Gasteiger partial charge in [-0.25, -0.2) is 0 Å². The van der Waals surface area contributed by atoms with E-state index < -0.39 is 17.5 Å². The molecule has 0 saturated heterocycles. The minimum atomic E-state index is -0.774. The number of aromatic nitrogens is 1. The van der Waals surface area contributed by atoms with Crippen molar-refractivity contribution in [1.29, 1.82) is 0 Å². The lowest BCUT2D eigenvalue weighted by Gasteiger charge is -2.42. The molecule has 2 aromatic rings. The zero-order chi connectivity index (χ0) is 21.4. The van der Waals surface area contributed by atoms with Crippen molar-refractivity contribution in [2.75, 3.05) is 13.7 Å². The largest absolute Gasteiger partial charge is 0.458 e. The number of pyridine rings is 1. The van der Waals surface area contributed by atoms with Crippen LogP contribution >= 0.6 is 0 Å². The molecule has 0 radical (unpaired) electrons. The highest BCUT2D eigenvalue weighted by Crippen LogP contribution is 2.57. The third kappa shape index (κ3) is 2.37. The van der Waals surface area contributed by atoms with Crippen molar-refractivity contribution in [2.45, 2.75) is 57.6 Å². The lowest BCUT2D eigenvalue weighted by atomic mass is 9.66. The first kappa shape index (κ1) is 19.2. The molecule has 2 aliphatic carbocycles. The van der Waals surface area contributed by atoms with Gasteiger partial charge < -0.3 is 18.5 Å². The monoisotopic (exact) mass is 413 g/mol. The van der Waals surface area contributed by atoms with Crippen molar-refractivity contribution in [3.63, 3.8) is 0 Å². The van der Waals surface area contributed by atoms with E-state index >= 15 is 0 Å². The highest BCUT2D eigenvalue weighted by molar-refractivity contribution is 6.07. The Morgan fingerprint density at radius 3 is 2.80 bits per heavy atom. The Labute approximate surface area is 172 Å². The first-order valence-corrected chi connectivity index (χ1v) is 10.2. The fraction of sp³-hybridized carbons (Fsp3) is 0.545. The van der Waals surface area contributed by atoms with Gasteiger partial charge in [0.05, 0.1) is 23.9 Å². The van der Waals surface area contributed by atoms with E-state index in [0.717, 1.165) is 0 Å². The molecule has 0 spiro atoms. The molecule has 30 heavy (non-hydrogen) atoms. The molecule has 0 N–H and O–H groups in total. The molecule has 4 atom stereocenters. The van der Waals surface area contributed by atoms with Gasteiger partial charge in [-0.1, -0.05) is 6.92 Å². The molecule has 2 aromatic heterocycles. The molecule has 8 nitrogen and oxygen atoms in total. The van der Waals surface area contributed by atoms with Crippen molar-refractivity contribution in [2.24, 2.45) is 5.41 Å². The van der Waals surface area contributed by atoms with Crippen LogP contribution < -0.4 is 5.43 Å². The summed E-state index contributed by atoms with van der Waals surface area (Å²) in [5, 5.41) is 0. The summed E-state index contributed by atoms with van der Waals surface area (Å²) in [5.41, 5.74) is 0.863. The summed E-state index contributed by atoms with van der Waals surface area (Å²) in [7, 11) is 1.55. The van der Waals surface area contributed by atoms with E-state index in [-0.39, 0.29) is 47.6 Å². The van der Waals surface area contributed by atoms with Crippen LogP contribution in [0.15, 0.2) is 15.5 Å². The minimum absolute atomic E-state index is 0.0807. The van der Waals surface area contributed by atoms with Gasteiger partial charge in [0.15, 0.2) is 11.4 Å². The molecule has 158 valence electrons. The van der Waals surface area contributed by atoms with Crippen LogP contribution in [0.4, 0.5) is 0 Å². The van der Waals surface area contributed by atoms with Crippen LogP contribution in [0, 0.1) is 5.41 Å². The molecular weight excluding hydrogens is 390 g/mol. The molecule has 1 aliphatic heterocycles. The summed E-state index contributed by atoms with van der Waals surface area (Å²) in [6.45, 7) is 3.43. The highest BCUT2D eigenvalue weighted by Gasteiger charge is 2.55. The zero-order valence-electron chi connectivity index (χ0n) is 17.1. The highest BCUT2D eigenvalue weighted by atomic mass is 16.5. The van der Waals surface area contributed by atoms with Gasteiger partial charge in [0, 0.05) is 50.2 Å². The Bertz CT molecular complexity index is 1170. The molecule has 3 heterocycles. The SMILES string of the molecule is COC[C@H]1CC(=O)c2coc3c(=O)c4c(n1c23)[C@H](OC(C)=O)C[C@]1(C)C(=O)CC[C@@H]41. The van der Waals surface area contributed by atoms with Crippen molar-refractivity contribution in [1.82, 2.24) is 4.57 Å². The number of carbonyl (C=O) groups is 3. The van der Waals surface area contributed by atoms with E-state index in [2.05, 4.69) is 0 Å². The average molecular weight is 413 g/mol. The van der Waals surface area contributed by atoms with Crippen molar-refractivity contribution in [3.8, 4) is 0 Å². The standard InChI is InChI=1S/C22H23NO7/c1-10(24)30-15-7-22(2)13(4-5-16(22)26)17-19(15)23-11(8-28-3)6-14(25)12-9-29-21(18(12)23)20(17)27/h9,11,13,15H,4-8H2,1-3H3/t11-,13+,15-,22+/m1/s1. The summed E-state index contributed by atoms with van der Waals surface area (Å²) in [4.78, 5) is 51.0. The summed E-state index contributed by atoms with van der Waals surface area (Å²) < 4.78 is 18.5. The second kappa shape index (κ2) is 6.38. The Morgan fingerprint density at radius 2 is 2.10 bits per heavy atom. The number of hydrogen-bond acceptors (Lipinski definition) is 7. The van der Waals surface area contributed by atoms with Gasteiger partial charge in [-0.2, -0.15) is 0 Å². The first-order chi connectivity index (χ1) is 14.3. The normalized spacial score (nSPS) is 29.8. The predicted octanol–water partition coefficient (Wildman–Crippen LogP) is 2.83. The Balaban J connectivity index is 1.89. The Kier molecular flexibility index (Phi) is 4.09. The lowest BCUT2D eigenvalue weighted by molar-refractivity contribution is -0.151. The van der Waals surface area contributed by atoms with Crippen LogP contribution in [0.1, 0.15) is 79.2 Å². The summed E-state index contributed by atoms with van der Waals surface area (Å²) in [6.07, 6.45) is 2.03. The second-order valence-electron chi connectivity index (χ2n) is 8.80. The van der Waals surface area contributed by atoms with E-state index in [1.807, 2.05) is 11.5 Å². The van der Waals surface area contributed by atoms with Gasteiger partial charge in [0.25, 0.3) is 0 Å². The smallest absolute Gasteiger partial charge is 0.303 e. The molecule has 0 amide bonds. The summed E-state index contributed by atoms with van der Waals surface area (Å²) in [5.74, 6) is -0.795. The van der Waals surface area contributed by atoms with Crippen molar-refractivity contribution >= 4 is 28.6 Å². The van der Waals surface area contributed by atoms with Crippen LogP contribution in [0.5, 0.6) is 0 Å². The van der Waals surface area contributed by atoms with E-state index in [1.165, 1.54) is 13.2 Å². The molecular formula is C22H23NO7. The third-order valence-corrected chi connectivity index (χ3v) is 7.07. The molecule has 0 aromatic carbocycles. The topological polar surface area (TPSA) is 105 Å². The third-order valence-electron chi connectivity index (χ3n) is 7.07. The van der Waals surface area contributed by atoms with Gasteiger partial charge in [-0.3, -0.25) is 19.2 Å². The van der Waals surface area contributed by atoms with E-state index in [4.69, 9.17) is 13.9 Å². The maximum atomic E-state index is 13.6. The van der Waals surface area contributed by atoms with Gasteiger partial charge in [0.2, 0.25) is 5.43 Å². The van der Waals surface area contributed by atoms with Crippen molar-refractivity contribution in [3.05, 3.63) is 33.3 Å². The molecule has 1 fully saturated rings. The number of esters is 1. The lowest BCUT2D eigenvalue weighted by Crippen LogP contribution is -2.42. The van der Waals surface area contributed by atoms with Crippen LogP contribution in [0.3, 0.4) is 0 Å². The fourth-order valence-corrected chi connectivity index (χ4v) is 5.80. The Morgan fingerprint density at radius 1 is 1.33 bits per heavy atom. The number of rotatable bonds is 3. The van der Waals surface area contributed by atoms with E-state index in [9.17, 15) is 19.2 Å². The van der Waals surface area contributed by atoms with Crippen molar-refractivity contribution < 1.29 is 28.3 Å². The number of ketones is 2. The number of ether oxygens (including phenoxy) is 2. The number of hydrogen-bond donors (Lipinski definition) is 0. The number of Topliss-reactive ketones (excluding diaryl/α,β-unsaturated/α-hetero) is 2. The fourth-order valence-electron chi connectivity index (χ4n) is 5.80. The first-order valence-electron chi connectivity index (χ1n) is 10.2. The van der Waals surface area contributed by atoms with Crippen LogP contribution in [-0.4, -0.2) is 35.8 Å². The van der Waals surface area contributed by atoms with Crippen LogP contribution in [0.25, 0.3) is 11.1 Å². The van der Waals surface area contributed by atoms with E-state index in [1.54, 1.807) is 7.11 Å². The number of furan rings is 1. The molecule has 0 unspecified atom stereocenters. The number of fused-ring (bicyclic) bond motifs is 4. The van der Waals surface area contributed by atoms with Gasteiger partial charge >= 0.3 is 5.97 Å². The molecule has 5 rings (SSSR count). The predicted molar refractivity (Wildman–Crippen MR) is 105 cm³/mol. The zero-order valence-corrected chi connectivity index (χ0v) is 17.1. The van der Waals surface area contributed by atoms with Crippen LogP contribution in [0.2, 0.25) is 0 Å². The maximum absolute atomic E-state index is 13.6. The summed E-state index contributed by atoms with van der Waals surface area (Å²) in [6, 6.07) is -0.357. The second-order valence-corrected chi connectivity index (χ2v) is 8.80. The number of nitrogens with zero attached hydrogens (tertiary/aromatic N) is 1. The number of carbonyl (C=O) groups excluding carboxylic acids is 3. The molecule has 8 heteroatoms. The van der Waals surface area contributed by atoms with Crippen LogP contribution in [-0.2, 0) is 19.1 Å². The summed E-state index contributed by atoms with van der Waals surface area (Å²) >= 11 is 0. The quantitative estimate of drug-likeness (QED) is 0.713. The number of methoxy groups -OCH3 is 1. The van der Waals surface area contributed by atoms with E-state index in [0.29, 0.717) is 41.6 Å². The minimum Gasteiger partial charge on any atom is -0.458 e.